The van der Waals surface area contributed by atoms with Crippen molar-refractivity contribution < 1.29 is 0 Å². The molecule has 3 heteroatoms. The van der Waals surface area contributed by atoms with Gasteiger partial charge in [0.05, 0.1) is 0 Å². The van der Waals surface area contributed by atoms with Gasteiger partial charge in [-0.15, -0.1) is 0 Å². The Labute approximate surface area is 86.5 Å². The van der Waals surface area contributed by atoms with E-state index in [0.717, 1.165) is 13.1 Å². The predicted octanol–water partition coefficient (Wildman–Crippen LogP) is 0.573. The summed E-state index contributed by atoms with van der Waals surface area (Å²) in [6.45, 7) is 1.61. The quantitative estimate of drug-likeness (QED) is 0.696. The molecule has 0 fully saturated rings. The minimum atomic E-state index is -0.177. The van der Waals surface area contributed by atoms with Gasteiger partial charge in [-0.2, -0.15) is 0 Å². The molecule has 14 heavy (non-hydrogen) atoms. The van der Waals surface area contributed by atoms with Crippen LogP contribution in [0.25, 0.3) is 0 Å². The minimum absolute atomic E-state index is 0.177. The van der Waals surface area contributed by atoms with Crippen molar-refractivity contribution in [3.05, 3.63) is 35.9 Å². The Morgan fingerprint density at radius 3 is 2.64 bits per heavy atom. The Balaban J connectivity index is 2.42. The number of benzene rings is 1. The van der Waals surface area contributed by atoms with Crippen LogP contribution in [-0.4, -0.2) is 31.9 Å². The molecule has 0 amide bonds. The van der Waals surface area contributed by atoms with Crippen LogP contribution >= 0.6 is 0 Å². The number of hydrogen-bond donors (Lipinski definition) is 1. The van der Waals surface area contributed by atoms with Crippen LogP contribution in [0.15, 0.2) is 30.3 Å². The Morgan fingerprint density at radius 2 is 2.07 bits per heavy atom. The van der Waals surface area contributed by atoms with Gasteiger partial charge in [-0.1, -0.05) is 0 Å². The third-order valence-corrected chi connectivity index (χ3v) is 2.02. The molecular formula is C11H15BN2. The fourth-order valence-corrected chi connectivity index (χ4v) is 1.35. The zero-order valence-electron chi connectivity index (χ0n) is 8.48. The van der Waals surface area contributed by atoms with Gasteiger partial charge in [0.25, 0.3) is 0 Å². The summed E-state index contributed by atoms with van der Waals surface area (Å²) in [5.74, 6) is 2.52. The van der Waals surface area contributed by atoms with E-state index in [1.165, 1.54) is 5.56 Å². The van der Waals surface area contributed by atoms with E-state index >= 15 is 0 Å². The first-order valence-corrected chi connectivity index (χ1v) is 4.66. The predicted molar refractivity (Wildman–Crippen MR) is 60.4 cm³/mol. The SMILES string of the molecule is B#CC(N)CN(C)Cc1ccccc1. The van der Waals surface area contributed by atoms with E-state index < -0.39 is 0 Å². The molecule has 1 unspecified atom stereocenters. The van der Waals surface area contributed by atoms with Crippen LogP contribution in [0.3, 0.4) is 0 Å². The van der Waals surface area contributed by atoms with Gasteiger partial charge in [0.1, 0.15) is 0 Å². The topological polar surface area (TPSA) is 29.3 Å². The first-order valence-electron chi connectivity index (χ1n) is 4.66. The second-order valence-electron chi connectivity index (χ2n) is 3.46. The molecule has 0 aromatic heterocycles. The molecule has 0 heterocycles. The molecule has 0 saturated heterocycles. The molecule has 1 aromatic carbocycles. The van der Waals surface area contributed by atoms with Gasteiger partial charge in [0, 0.05) is 0 Å². The van der Waals surface area contributed by atoms with Gasteiger partial charge in [-0.25, -0.2) is 0 Å². The van der Waals surface area contributed by atoms with Crippen molar-refractivity contribution in [1.82, 2.24) is 4.90 Å². The Morgan fingerprint density at radius 1 is 1.43 bits per heavy atom. The molecule has 1 aromatic rings. The van der Waals surface area contributed by atoms with Gasteiger partial charge < -0.3 is 0 Å². The van der Waals surface area contributed by atoms with E-state index in [-0.39, 0.29) is 6.04 Å². The number of likely N-dealkylation sites (N-methyl/N-ethyl adjacent to an activating group) is 1. The van der Waals surface area contributed by atoms with Gasteiger partial charge in [0.2, 0.25) is 0 Å². The van der Waals surface area contributed by atoms with Crippen LogP contribution in [0.4, 0.5) is 0 Å². The molecule has 1 atom stereocenters. The summed E-state index contributed by atoms with van der Waals surface area (Å²) in [5, 5.41) is 0. The third kappa shape index (κ3) is 3.80. The summed E-state index contributed by atoms with van der Waals surface area (Å²) in [4.78, 5) is 2.12. The van der Waals surface area contributed by atoms with Gasteiger partial charge in [-0.05, 0) is 0 Å². The summed E-state index contributed by atoms with van der Waals surface area (Å²) < 4.78 is 0. The summed E-state index contributed by atoms with van der Waals surface area (Å²) in [6.07, 6.45) is 0. The molecule has 72 valence electrons. The maximum atomic E-state index is 5.65. The van der Waals surface area contributed by atoms with Crippen LogP contribution in [0.1, 0.15) is 5.56 Å². The molecule has 2 N–H and O–H groups in total. The molecule has 0 aliphatic rings. The van der Waals surface area contributed by atoms with Crippen molar-refractivity contribution in [3.8, 4) is 5.80 Å². The van der Waals surface area contributed by atoms with Crippen LogP contribution in [0, 0.1) is 5.80 Å². The van der Waals surface area contributed by atoms with Gasteiger partial charge in [-0.3, -0.25) is 0 Å². The van der Waals surface area contributed by atoms with Gasteiger partial charge >= 0.3 is 85.8 Å². The van der Waals surface area contributed by atoms with Gasteiger partial charge in [0.15, 0.2) is 0 Å². The van der Waals surface area contributed by atoms with Crippen molar-refractivity contribution in [3.63, 3.8) is 0 Å². The van der Waals surface area contributed by atoms with Crippen LogP contribution in [0.5, 0.6) is 0 Å². The van der Waals surface area contributed by atoms with Crippen molar-refractivity contribution in [1.29, 1.82) is 0 Å². The molecule has 0 radical (unpaired) electrons. The molecule has 0 aliphatic heterocycles. The van der Waals surface area contributed by atoms with Crippen molar-refractivity contribution >= 4 is 7.33 Å². The van der Waals surface area contributed by atoms with E-state index in [9.17, 15) is 0 Å². The van der Waals surface area contributed by atoms with Crippen LogP contribution in [0.2, 0.25) is 0 Å². The number of nitrogens with zero attached hydrogens (tertiary/aromatic N) is 1. The zero-order chi connectivity index (χ0) is 10.4. The third-order valence-electron chi connectivity index (χ3n) is 2.02. The van der Waals surface area contributed by atoms with Crippen LogP contribution in [-0.2, 0) is 6.54 Å². The van der Waals surface area contributed by atoms with Crippen molar-refractivity contribution in [2.24, 2.45) is 5.73 Å². The first-order chi connectivity index (χ1) is 6.72. The molecule has 0 spiro atoms. The molecule has 1 rings (SSSR count). The number of nitrogens with two attached hydrogens (primary N) is 1. The van der Waals surface area contributed by atoms with Crippen molar-refractivity contribution in [2.45, 2.75) is 12.6 Å². The second kappa shape index (κ2) is 5.66. The Bertz CT molecular complexity index is 305. The summed E-state index contributed by atoms with van der Waals surface area (Å²) in [7, 11) is 7.23. The summed E-state index contributed by atoms with van der Waals surface area (Å²) in [6, 6.07) is 10.1. The van der Waals surface area contributed by atoms with E-state index in [4.69, 9.17) is 13.1 Å². The average Bonchev–Trinajstić information content (AvgIpc) is 2.19. The molecule has 0 bridgehead atoms. The fourth-order valence-electron chi connectivity index (χ4n) is 1.35. The normalized spacial score (nSPS) is 12.6. The fraction of sp³-hybridized carbons (Fsp3) is 0.364. The summed E-state index contributed by atoms with van der Waals surface area (Å²) >= 11 is 0. The number of hydrogen-bond acceptors (Lipinski definition) is 2. The van der Waals surface area contributed by atoms with E-state index in [1.807, 2.05) is 25.2 Å². The van der Waals surface area contributed by atoms with Crippen molar-refractivity contribution in [2.75, 3.05) is 13.6 Å². The summed E-state index contributed by atoms with van der Waals surface area (Å²) in [5.41, 5.74) is 6.93. The average molecular weight is 186 g/mol. The van der Waals surface area contributed by atoms with E-state index in [0.29, 0.717) is 0 Å². The Kier molecular flexibility index (Phi) is 4.47. The Hall–Kier alpha value is -1.02. The second-order valence-corrected chi connectivity index (χ2v) is 3.46. The van der Waals surface area contributed by atoms with E-state index in [1.54, 1.807) is 0 Å². The molecule has 0 saturated carbocycles. The molecule has 0 aliphatic carbocycles. The first kappa shape index (κ1) is 11.1. The molecule has 2 nitrogen and oxygen atoms in total. The van der Waals surface area contributed by atoms with E-state index in [2.05, 4.69) is 22.8 Å². The standard InChI is InChI=1S/C11H15BN2/c1-14(9-11(13)7-12)8-10-5-3-2-4-6-10/h2-6,11H,8-9,13H2,1H3. The monoisotopic (exact) mass is 186 g/mol. The maximum absolute atomic E-state index is 5.65. The zero-order valence-corrected chi connectivity index (χ0v) is 8.48. The number of rotatable bonds is 4. The molecular weight excluding hydrogens is 171 g/mol. The van der Waals surface area contributed by atoms with Crippen LogP contribution < -0.4 is 5.73 Å².